The van der Waals surface area contributed by atoms with Crippen LogP contribution in [0.4, 0.5) is 5.69 Å². The van der Waals surface area contributed by atoms with Crippen molar-refractivity contribution in [2.24, 2.45) is 4.99 Å². The summed E-state index contributed by atoms with van der Waals surface area (Å²) in [6.07, 6.45) is 14.0. The van der Waals surface area contributed by atoms with Gasteiger partial charge in [-0.2, -0.15) is 0 Å². The van der Waals surface area contributed by atoms with E-state index >= 15 is 0 Å². The molecule has 52 heavy (non-hydrogen) atoms. The summed E-state index contributed by atoms with van der Waals surface area (Å²) in [6.45, 7) is 1.97. The van der Waals surface area contributed by atoms with Crippen LogP contribution >= 0.6 is 0 Å². The first kappa shape index (κ1) is 34.7. The third-order valence-electron chi connectivity index (χ3n) is 9.64. The minimum absolute atomic E-state index is 0.0117. The van der Waals surface area contributed by atoms with Gasteiger partial charge in [-0.05, 0) is 79.8 Å². The highest BCUT2D eigenvalue weighted by atomic mass is 16.5. The first-order chi connectivity index (χ1) is 25.6. The number of methoxy groups -OCH3 is 1. The molecule has 0 aliphatic carbocycles. The second-order valence-electron chi connectivity index (χ2n) is 13.2. The smallest absolute Gasteiger partial charge is 0.266 e. The van der Waals surface area contributed by atoms with Crippen LogP contribution in [0.1, 0.15) is 73.1 Å². The van der Waals surface area contributed by atoms with Gasteiger partial charge < -0.3 is 19.1 Å². The molecule has 266 valence electrons. The van der Waals surface area contributed by atoms with Gasteiger partial charge in [-0.25, -0.2) is 4.98 Å². The molecular weight excluding hydrogens is 652 g/mol. The molecule has 2 aliphatic heterocycles. The average Bonchev–Trinajstić information content (AvgIpc) is 3.61. The number of carbonyl (C=O) groups is 1. The molecular formula is C43H44N4O5. The summed E-state index contributed by atoms with van der Waals surface area (Å²) < 4.78 is 19.4. The van der Waals surface area contributed by atoms with Crippen LogP contribution in [-0.2, 0) is 0 Å². The van der Waals surface area contributed by atoms with Crippen LogP contribution in [0.5, 0.6) is 17.2 Å². The predicted molar refractivity (Wildman–Crippen MR) is 207 cm³/mol. The maximum Gasteiger partial charge on any atom is 0.266 e. The third-order valence-corrected chi connectivity index (χ3v) is 9.64. The zero-order valence-corrected chi connectivity index (χ0v) is 29.6. The third kappa shape index (κ3) is 7.94. The fourth-order valence-corrected chi connectivity index (χ4v) is 6.84. The highest BCUT2D eigenvalue weighted by molar-refractivity contribution is 6.03. The zero-order chi connectivity index (χ0) is 35.7. The van der Waals surface area contributed by atoms with Crippen molar-refractivity contribution >= 4 is 40.9 Å². The number of hydrogen-bond donors (Lipinski definition) is 0. The molecule has 0 bridgehead atoms. The van der Waals surface area contributed by atoms with Crippen LogP contribution in [-0.4, -0.2) is 59.5 Å². The van der Waals surface area contributed by atoms with Crippen molar-refractivity contribution in [2.45, 2.75) is 57.4 Å². The second kappa shape index (κ2) is 16.5. The maximum absolute atomic E-state index is 13.6. The van der Waals surface area contributed by atoms with E-state index < -0.39 is 0 Å². The molecule has 0 radical (unpaired) electrons. The van der Waals surface area contributed by atoms with Crippen LogP contribution in [0.15, 0.2) is 101 Å². The molecule has 9 heteroatoms. The average molecular weight is 697 g/mol. The Balaban J connectivity index is 0.855. The fourth-order valence-electron chi connectivity index (χ4n) is 6.84. The highest BCUT2D eigenvalue weighted by Crippen LogP contribution is 2.38. The molecule has 7 rings (SSSR count). The van der Waals surface area contributed by atoms with Gasteiger partial charge in [0.15, 0.2) is 11.5 Å². The quantitative estimate of drug-likeness (QED) is 0.102. The molecule has 4 aromatic carbocycles. The van der Waals surface area contributed by atoms with E-state index in [9.17, 15) is 9.59 Å². The molecule has 1 atom stereocenters. The molecule has 2 aliphatic rings. The first-order valence-electron chi connectivity index (χ1n) is 18.3. The van der Waals surface area contributed by atoms with Gasteiger partial charge in [0.2, 0.25) is 0 Å². The van der Waals surface area contributed by atoms with Gasteiger partial charge in [-0.15, -0.1) is 0 Å². The van der Waals surface area contributed by atoms with Crippen molar-refractivity contribution in [3.63, 3.8) is 0 Å². The number of benzene rings is 4. The number of rotatable bonds is 15. The summed E-state index contributed by atoms with van der Waals surface area (Å²) in [6, 6.07) is 28.7. The second-order valence-corrected chi connectivity index (χ2v) is 13.2. The SMILES string of the molecule is COc1cc2c(cc1OCCCCCCCCOc1ccc(-n3c(C=Cc4ccccc4)nc4ccccc4c3=O)cc1)N=C[C@@H]1CCCN1C2=O. The van der Waals surface area contributed by atoms with Crippen LogP contribution < -0.4 is 19.8 Å². The summed E-state index contributed by atoms with van der Waals surface area (Å²) >= 11 is 0. The highest BCUT2D eigenvalue weighted by Gasteiger charge is 2.32. The van der Waals surface area contributed by atoms with Gasteiger partial charge in [0.25, 0.3) is 11.5 Å². The number of unbranched alkanes of at least 4 members (excludes halogenated alkanes) is 5. The Morgan fingerprint density at radius 2 is 1.52 bits per heavy atom. The molecule has 0 saturated carbocycles. The molecule has 1 fully saturated rings. The van der Waals surface area contributed by atoms with Gasteiger partial charge in [-0.3, -0.25) is 19.1 Å². The van der Waals surface area contributed by atoms with Gasteiger partial charge >= 0.3 is 0 Å². The Labute approximate surface area is 304 Å². The van der Waals surface area contributed by atoms with Crippen LogP contribution in [0.3, 0.4) is 0 Å². The summed E-state index contributed by atoms with van der Waals surface area (Å²) in [7, 11) is 1.60. The van der Waals surface area contributed by atoms with Gasteiger partial charge in [0.05, 0.1) is 54.2 Å². The number of aromatic nitrogens is 2. The summed E-state index contributed by atoms with van der Waals surface area (Å²) in [4.78, 5) is 38.1. The lowest BCUT2D eigenvalue weighted by Gasteiger charge is -2.20. The predicted octanol–water partition coefficient (Wildman–Crippen LogP) is 8.68. The van der Waals surface area contributed by atoms with E-state index in [-0.39, 0.29) is 17.5 Å². The number of carbonyl (C=O) groups excluding carboxylic acids is 1. The molecule has 0 N–H and O–H groups in total. The number of hydrogen-bond acceptors (Lipinski definition) is 7. The van der Waals surface area contributed by atoms with Crippen molar-refractivity contribution in [1.82, 2.24) is 14.5 Å². The Kier molecular flexibility index (Phi) is 11.1. The zero-order valence-electron chi connectivity index (χ0n) is 29.6. The molecule has 5 aromatic rings. The Morgan fingerprint density at radius 1 is 0.788 bits per heavy atom. The van der Waals surface area contributed by atoms with E-state index in [0.717, 1.165) is 74.9 Å². The van der Waals surface area contributed by atoms with E-state index in [1.165, 1.54) is 0 Å². The lowest BCUT2D eigenvalue weighted by Crippen LogP contribution is -2.35. The van der Waals surface area contributed by atoms with Gasteiger partial charge in [-0.1, -0.05) is 74.2 Å². The largest absolute Gasteiger partial charge is 0.494 e. The van der Waals surface area contributed by atoms with Crippen LogP contribution in [0, 0.1) is 0 Å². The Morgan fingerprint density at radius 3 is 2.31 bits per heavy atom. The van der Waals surface area contributed by atoms with Crippen molar-refractivity contribution < 1.29 is 19.0 Å². The molecule has 1 aromatic heterocycles. The monoisotopic (exact) mass is 696 g/mol. The Hall–Kier alpha value is -5.70. The van der Waals surface area contributed by atoms with E-state index in [1.807, 2.05) is 108 Å². The fraction of sp³-hybridized carbons (Fsp3) is 0.302. The number of amides is 1. The summed E-state index contributed by atoms with van der Waals surface area (Å²) in [5.74, 6) is 2.54. The van der Waals surface area contributed by atoms with Crippen LogP contribution in [0.25, 0.3) is 28.7 Å². The minimum atomic E-state index is -0.111. The lowest BCUT2D eigenvalue weighted by molar-refractivity contribution is 0.0774. The van der Waals surface area contributed by atoms with E-state index in [2.05, 4.69) is 4.99 Å². The van der Waals surface area contributed by atoms with E-state index in [1.54, 1.807) is 17.7 Å². The first-order valence-corrected chi connectivity index (χ1v) is 18.3. The van der Waals surface area contributed by atoms with Gasteiger partial charge in [0, 0.05) is 18.8 Å². The van der Waals surface area contributed by atoms with Crippen molar-refractivity contribution in [3.8, 4) is 22.9 Å². The molecule has 0 spiro atoms. The van der Waals surface area contributed by atoms with E-state index in [4.69, 9.17) is 19.2 Å². The van der Waals surface area contributed by atoms with Crippen molar-refractivity contribution in [2.75, 3.05) is 26.9 Å². The molecule has 3 heterocycles. The maximum atomic E-state index is 13.6. The summed E-state index contributed by atoms with van der Waals surface area (Å²) in [5, 5.41) is 0.575. The number of ether oxygens (including phenoxy) is 3. The molecule has 9 nitrogen and oxygen atoms in total. The molecule has 1 amide bonds. The van der Waals surface area contributed by atoms with Gasteiger partial charge in [0.1, 0.15) is 11.6 Å². The minimum Gasteiger partial charge on any atom is -0.494 e. The number of fused-ring (bicyclic) bond motifs is 3. The van der Waals surface area contributed by atoms with Crippen molar-refractivity contribution in [3.05, 3.63) is 118 Å². The van der Waals surface area contributed by atoms with Crippen LogP contribution in [0.2, 0.25) is 0 Å². The van der Waals surface area contributed by atoms with Crippen molar-refractivity contribution in [1.29, 1.82) is 0 Å². The Bertz CT molecular complexity index is 2120. The number of para-hydroxylation sites is 1. The number of aliphatic imine (C=N–C) groups is 1. The number of nitrogens with zero attached hydrogens (tertiary/aromatic N) is 4. The summed E-state index contributed by atoms with van der Waals surface area (Å²) in [5.41, 5.74) is 3.54. The van der Waals surface area contributed by atoms with E-state index in [0.29, 0.717) is 52.7 Å². The molecule has 0 unspecified atom stereocenters. The molecule has 1 saturated heterocycles. The normalized spacial score (nSPS) is 15.1. The lowest BCUT2D eigenvalue weighted by atomic mass is 10.1. The topological polar surface area (TPSA) is 95.2 Å². The standard InChI is InChI=1S/C43H44N4O5/c1-50-39-28-36-38(44-30-33-16-13-25-46(33)42(36)48)29-40(39)52-27-12-5-3-2-4-11-26-51-34-22-20-32(21-23-34)47-41(24-19-31-14-7-6-8-15-31)45-37-18-10-9-17-35(37)43(47)49/h6-10,14-15,17-24,28-30,33H,2-5,11-13,16,25-27H2,1H3/t33-/m0/s1.